The average molecular weight is 276 g/mol. The molecule has 2 heterocycles. The van der Waals surface area contributed by atoms with Crippen molar-refractivity contribution >= 4 is 11.6 Å². The Bertz CT molecular complexity index is 449. The fraction of sp³-hybridized carbons (Fsp3) is 0.600. The molecule has 0 spiro atoms. The third-order valence-electron chi connectivity index (χ3n) is 3.62. The standard InChI is InChI=1S/C15H24N4O/c1-3-16-14-5-6-17-15(11-14)12-18-7-4-8-19(10-9-18)13(2)20/h5-6,11H,3-4,7-10,12H2,1-2H3,(H,16,17). The van der Waals surface area contributed by atoms with E-state index in [9.17, 15) is 4.79 Å². The lowest BCUT2D eigenvalue weighted by Crippen LogP contribution is -2.33. The summed E-state index contributed by atoms with van der Waals surface area (Å²) < 4.78 is 0. The van der Waals surface area contributed by atoms with Gasteiger partial charge in [-0.15, -0.1) is 0 Å². The van der Waals surface area contributed by atoms with Crippen molar-refractivity contribution in [1.82, 2.24) is 14.8 Å². The number of aromatic nitrogens is 1. The highest BCUT2D eigenvalue weighted by Crippen LogP contribution is 2.11. The van der Waals surface area contributed by atoms with Gasteiger partial charge < -0.3 is 10.2 Å². The summed E-state index contributed by atoms with van der Waals surface area (Å²) in [7, 11) is 0. The largest absolute Gasteiger partial charge is 0.385 e. The number of hydrogen-bond donors (Lipinski definition) is 1. The van der Waals surface area contributed by atoms with Crippen LogP contribution in [0, 0.1) is 0 Å². The first-order chi connectivity index (χ1) is 9.69. The van der Waals surface area contributed by atoms with Gasteiger partial charge in [0.15, 0.2) is 0 Å². The van der Waals surface area contributed by atoms with E-state index in [1.807, 2.05) is 17.2 Å². The highest BCUT2D eigenvalue weighted by atomic mass is 16.2. The van der Waals surface area contributed by atoms with Gasteiger partial charge >= 0.3 is 0 Å². The molecule has 0 unspecified atom stereocenters. The van der Waals surface area contributed by atoms with Crippen molar-refractivity contribution in [3.63, 3.8) is 0 Å². The van der Waals surface area contributed by atoms with E-state index in [4.69, 9.17) is 0 Å². The number of nitrogens with zero attached hydrogens (tertiary/aromatic N) is 3. The van der Waals surface area contributed by atoms with Crippen LogP contribution in [0.3, 0.4) is 0 Å². The molecule has 20 heavy (non-hydrogen) atoms. The molecule has 1 aromatic heterocycles. The minimum atomic E-state index is 0.180. The zero-order chi connectivity index (χ0) is 14.4. The smallest absolute Gasteiger partial charge is 0.219 e. The second kappa shape index (κ2) is 7.24. The van der Waals surface area contributed by atoms with Crippen molar-refractivity contribution in [2.75, 3.05) is 38.0 Å². The molecule has 1 aliphatic heterocycles. The molecular formula is C15H24N4O. The van der Waals surface area contributed by atoms with Crippen LogP contribution in [-0.2, 0) is 11.3 Å². The quantitative estimate of drug-likeness (QED) is 0.907. The number of hydrogen-bond acceptors (Lipinski definition) is 4. The van der Waals surface area contributed by atoms with Crippen LogP contribution in [0.2, 0.25) is 0 Å². The number of carbonyl (C=O) groups excluding carboxylic acids is 1. The maximum atomic E-state index is 11.4. The average Bonchev–Trinajstić information content (AvgIpc) is 2.65. The van der Waals surface area contributed by atoms with Gasteiger partial charge in [0.25, 0.3) is 0 Å². The Kier molecular flexibility index (Phi) is 5.35. The van der Waals surface area contributed by atoms with Gasteiger partial charge in [0, 0.05) is 58.1 Å². The number of nitrogens with one attached hydrogen (secondary N) is 1. The van der Waals surface area contributed by atoms with Gasteiger partial charge in [0.2, 0.25) is 5.91 Å². The van der Waals surface area contributed by atoms with Crippen molar-refractivity contribution in [3.05, 3.63) is 24.0 Å². The van der Waals surface area contributed by atoms with Crippen LogP contribution in [0.4, 0.5) is 5.69 Å². The number of carbonyl (C=O) groups is 1. The Morgan fingerprint density at radius 1 is 1.35 bits per heavy atom. The van der Waals surface area contributed by atoms with Crippen LogP contribution < -0.4 is 5.32 Å². The molecule has 0 bridgehead atoms. The molecule has 0 aromatic carbocycles. The molecule has 5 heteroatoms. The van der Waals surface area contributed by atoms with Crippen LogP contribution in [-0.4, -0.2) is 53.4 Å². The molecule has 1 saturated heterocycles. The summed E-state index contributed by atoms with van der Waals surface area (Å²) in [4.78, 5) is 20.2. The summed E-state index contributed by atoms with van der Waals surface area (Å²) in [5, 5.41) is 3.31. The second-order valence-corrected chi connectivity index (χ2v) is 5.20. The van der Waals surface area contributed by atoms with E-state index in [0.717, 1.165) is 57.1 Å². The van der Waals surface area contributed by atoms with Gasteiger partial charge in [-0.05, 0) is 25.5 Å². The van der Waals surface area contributed by atoms with E-state index >= 15 is 0 Å². The third kappa shape index (κ3) is 4.20. The molecule has 0 aliphatic carbocycles. The number of pyridine rings is 1. The normalized spacial score (nSPS) is 16.8. The minimum Gasteiger partial charge on any atom is -0.385 e. The predicted molar refractivity (Wildman–Crippen MR) is 80.5 cm³/mol. The summed E-state index contributed by atoms with van der Waals surface area (Å²) >= 11 is 0. The Morgan fingerprint density at radius 2 is 2.20 bits per heavy atom. The molecule has 0 radical (unpaired) electrons. The molecule has 0 saturated carbocycles. The second-order valence-electron chi connectivity index (χ2n) is 5.20. The Balaban J connectivity index is 1.92. The molecule has 5 nitrogen and oxygen atoms in total. The predicted octanol–water partition coefficient (Wildman–Crippen LogP) is 1.57. The molecule has 1 N–H and O–H groups in total. The molecule has 110 valence electrons. The van der Waals surface area contributed by atoms with Gasteiger partial charge in [-0.2, -0.15) is 0 Å². The molecule has 1 fully saturated rings. The molecular weight excluding hydrogens is 252 g/mol. The molecule has 0 atom stereocenters. The van der Waals surface area contributed by atoms with E-state index in [-0.39, 0.29) is 5.91 Å². The van der Waals surface area contributed by atoms with Crippen molar-refractivity contribution in [1.29, 1.82) is 0 Å². The van der Waals surface area contributed by atoms with Crippen LogP contribution >= 0.6 is 0 Å². The van der Waals surface area contributed by atoms with E-state index < -0.39 is 0 Å². The zero-order valence-electron chi connectivity index (χ0n) is 12.4. The maximum Gasteiger partial charge on any atom is 0.219 e. The van der Waals surface area contributed by atoms with Crippen molar-refractivity contribution < 1.29 is 4.79 Å². The van der Waals surface area contributed by atoms with E-state index in [2.05, 4.69) is 28.2 Å². The lowest BCUT2D eigenvalue weighted by molar-refractivity contribution is -0.128. The van der Waals surface area contributed by atoms with E-state index in [1.54, 1.807) is 6.92 Å². The molecule has 1 aliphatic rings. The first kappa shape index (κ1) is 14.8. The van der Waals surface area contributed by atoms with E-state index in [1.165, 1.54) is 0 Å². The first-order valence-electron chi connectivity index (χ1n) is 7.35. The van der Waals surface area contributed by atoms with Crippen LogP contribution in [0.1, 0.15) is 26.0 Å². The van der Waals surface area contributed by atoms with Crippen LogP contribution in [0.5, 0.6) is 0 Å². The van der Waals surface area contributed by atoms with Gasteiger partial charge in [-0.3, -0.25) is 14.7 Å². The topological polar surface area (TPSA) is 48.5 Å². The summed E-state index contributed by atoms with van der Waals surface area (Å²) in [6.45, 7) is 9.15. The van der Waals surface area contributed by atoms with Crippen LogP contribution in [0.15, 0.2) is 18.3 Å². The van der Waals surface area contributed by atoms with Gasteiger partial charge in [-0.25, -0.2) is 0 Å². The molecule has 1 aromatic rings. The number of amides is 1. The fourth-order valence-electron chi connectivity index (χ4n) is 2.55. The number of anilines is 1. The SMILES string of the molecule is CCNc1ccnc(CN2CCCN(C(C)=O)CC2)c1. The fourth-order valence-corrected chi connectivity index (χ4v) is 2.55. The van der Waals surface area contributed by atoms with E-state index in [0.29, 0.717) is 0 Å². The number of rotatable bonds is 4. The van der Waals surface area contributed by atoms with Crippen molar-refractivity contribution in [2.24, 2.45) is 0 Å². The lowest BCUT2D eigenvalue weighted by Gasteiger charge is -2.20. The molecule has 2 rings (SSSR count). The summed E-state index contributed by atoms with van der Waals surface area (Å²) in [5.41, 5.74) is 2.21. The summed E-state index contributed by atoms with van der Waals surface area (Å²) in [6.07, 6.45) is 2.89. The van der Waals surface area contributed by atoms with Gasteiger partial charge in [-0.1, -0.05) is 0 Å². The maximum absolute atomic E-state index is 11.4. The lowest BCUT2D eigenvalue weighted by atomic mass is 10.3. The zero-order valence-corrected chi connectivity index (χ0v) is 12.4. The Hall–Kier alpha value is -1.62. The summed E-state index contributed by atoms with van der Waals surface area (Å²) in [5.74, 6) is 0.180. The Morgan fingerprint density at radius 3 is 2.95 bits per heavy atom. The van der Waals surface area contributed by atoms with Crippen molar-refractivity contribution in [2.45, 2.75) is 26.8 Å². The van der Waals surface area contributed by atoms with Crippen LogP contribution in [0.25, 0.3) is 0 Å². The monoisotopic (exact) mass is 276 g/mol. The summed E-state index contributed by atoms with van der Waals surface area (Å²) in [6, 6.07) is 4.10. The van der Waals surface area contributed by atoms with Crippen molar-refractivity contribution in [3.8, 4) is 0 Å². The van der Waals surface area contributed by atoms with Gasteiger partial charge in [0.1, 0.15) is 0 Å². The molecule has 1 amide bonds. The minimum absolute atomic E-state index is 0.180. The highest BCUT2D eigenvalue weighted by Gasteiger charge is 2.16. The van der Waals surface area contributed by atoms with Gasteiger partial charge in [0.05, 0.1) is 5.69 Å². The first-order valence-corrected chi connectivity index (χ1v) is 7.35. The Labute approximate surface area is 121 Å². The highest BCUT2D eigenvalue weighted by molar-refractivity contribution is 5.73. The third-order valence-corrected chi connectivity index (χ3v) is 3.62.